The Morgan fingerprint density at radius 2 is 1.56 bits per heavy atom. The van der Waals surface area contributed by atoms with Gasteiger partial charge in [-0.2, -0.15) is 0 Å². The van der Waals surface area contributed by atoms with Gasteiger partial charge >= 0.3 is 0 Å². The maximum atomic E-state index is 11.9. The summed E-state index contributed by atoms with van der Waals surface area (Å²) in [6.07, 6.45) is 0. The quantitative estimate of drug-likeness (QED) is 0.383. The second-order valence-corrected chi connectivity index (χ2v) is 5.13. The van der Waals surface area contributed by atoms with Crippen molar-refractivity contribution >= 4 is 23.2 Å². The first-order valence-corrected chi connectivity index (χ1v) is 7.64. The molecule has 0 spiro atoms. The zero-order chi connectivity index (χ0) is 18.1. The van der Waals surface area contributed by atoms with Crippen LogP contribution in [-0.2, 0) is 4.79 Å². The second-order valence-electron chi connectivity index (χ2n) is 5.13. The SMILES string of the molecule is O=C(CNc1ccccc1)NCCNC(=O)c1ccc([N+](=O)[O-])cc1. The van der Waals surface area contributed by atoms with Crippen LogP contribution >= 0.6 is 0 Å². The van der Waals surface area contributed by atoms with Crippen LogP contribution in [0.4, 0.5) is 11.4 Å². The van der Waals surface area contributed by atoms with Crippen molar-refractivity contribution in [2.75, 3.05) is 25.0 Å². The van der Waals surface area contributed by atoms with Crippen LogP contribution in [0.25, 0.3) is 0 Å². The van der Waals surface area contributed by atoms with Gasteiger partial charge in [0.25, 0.3) is 11.6 Å². The van der Waals surface area contributed by atoms with E-state index in [1.165, 1.54) is 24.3 Å². The average molecular weight is 342 g/mol. The highest BCUT2D eigenvalue weighted by molar-refractivity contribution is 5.94. The highest BCUT2D eigenvalue weighted by atomic mass is 16.6. The molecule has 0 aliphatic carbocycles. The zero-order valence-corrected chi connectivity index (χ0v) is 13.4. The van der Waals surface area contributed by atoms with Crippen LogP contribution in [-0.4, -0.2) is 36.4 Å². The molecule has 2 amide bonds. The normalized spacial score (nSPS) is 9.92. The van der Waals surface area contributed by atoms with Crippen LogP contribution in [0, 0.1) is 10.1 Å². The molecule has 0 aromatic heterocycles. The molecule has 3 N–H and O–H groups in total. The number of benzene rings is 2. The van der Waals surface area contributed by atoms with Crippen molar-refractivity contribution in [1.82, 2.24) is 10.6 Å². The standard InChI is InChI=1S/C17H18N4O4/c22-16(12-20-14-4-2-1-3-5-14)18-10-11-19-17(23)13-6-8-15(9-7-13)21(24)25/h1-9,20H,10-12H2,(H,18,22)(H,19,23). The largest absolute Gasteiger partial charge is 0.376 e. The molecular weight excluding hydrogens is 324 g/mol. The average Bonchev–Trinajstić information content (AvgIpc) is 2.64. The number of para-hydroxylation sites is 1. The summed E-state index contributed by atoms with van der Waals surface area (Å²) >= 11 is 0. The fraction of sp³-hybridized carbons (Fsp3) is 0.176. The molecule has 0 bridgehead atoms. The summed E-state index contributed by atoms with van der Waals surface area (Å²) in [6, 6.07) is 14.7. The Labute approximate surface area is 144 Å². The molecule has 0 aliphatic heterocycles. The lowest BCUT2D eigenvalue weighted by Crippen LogP contribution is -2.37. The van der Waals surface area contributed by atoms with Gasteiger partial charge in [0.15, 0.2) is 0 Å². The molecule has 25 heavy (non-hydrogen) atoms. The number of amides is 2. The number of nitrogens with one attached hydrogen (secondary N) is 3. The Balaban J connectivity index is 1.65. The van der Waals surface area contributed by atoms with Crippen LogP contribution < -0.4 is 16.0 Å². The summed E-state index contributed by atoms with van der Waals surface area (Å²) in [5, 5.41) is 18.9. The van der Waals surface area contributed by atoms with Gasteiger partial charge in [0.05, 0.1) is 11.5 Å². The van der Waals surface area contributed by atoms with Crippen molar-refractivity contribution in [2.45, 2.75) is 0 Å². The maximum absolute atomic E-state index is 11.9. The molecule has 8 heteroatoms. The van der Waals surface area contributed by atoms with Gasteiger partial charge in [-0.15, -0.1) is 0 Å². The summed E-state index contributed by atoms with van der Waals surface area (Å²) in [5.74, 6) is -0.542. The van der Waals surface area contributed by atoms with E-state index in [2.05, 4.69) is 16.0 Å². The maximum Gasteiger partial charge on any atom is 0.269 e. The molecule has 2 rings (SSSR count). The van der Waals surface area contributed by atoms with E-state index in [0.29, 0.717) is 5.56 Å². The van der Waals surface area contributed by atoms with E-state index in [0.717, 1.165) is 5.69 Å². The first-order chi connectivity index (χ1) is 12.1. The smallest absolute Gasteiger partial charge is 0.269 e. The van der Waals surface area contributed by atoms with Gasteiger partial charge in [-0.1, -0.05) is 18.2 Å². The number of hydrogen-bond donors (Lipinski definition) is 3. The first kappa shape index (κ1) is 17.9. The number of carbonyl (C=O) groups is 2. The Bertz CT molecular complexity index is 732. The molecule has 2 aromatic rings. The van der Waals surface area contributed by atoms with Crippen LogP contribution in [0.3, 0.4) is 0 Å². The van der Waals surface area contributed by atoms with Crippen molar-refractivity contribution in [2.24, 2.45) is 0 Å². The Morgan fingerprint density at radius 1 is 0.920 bits per heavy atom. The first-order valence-electron chi connectivity index (χ1n) is 7.64. The van der Waals surface area contributed by atoms with Crippen LogP contribution in [0.5, 0.6) is 0 Å². The zero-order valence-electron chi connectivity index (χ0n) is 13.4. The summed E-state index contributed by atoms with van der Waals surface area (Å²) < 4.78 is 0. The lowest BCUT2D eigenvalue weighted by atomic mass is 10.2. The lowest BCUT2D eigenvalue weighted by Gasteiger charge is -2.08. The number of nitro groups is 1. The molecule has 0 saturated heterocycles. The number of rotatable bonds is 8. The summed E-state index contributed by atoms with van der Waals surface area (Å²) in [7, 11) is 0. The van der Waals surface area contributed by atoms with Gasteiger partial charge in [0.2, 0.25) is 5.91 Å². The predicted molar refractivity (Wildman–Crippen MR) is 93.4 cm³/mol. The van der Waals surface area contributed by atoms with E-state index in [9.17, 15) is 19.7 Å². The van der Waals surface area contributed by atoms with Gasteiger partial charge in [0, 0.05) is 36.5 Å². The minimum atomic E-state index is -0.527. The van der Waals surface area contributed by atoms with Crippen molar-refractivity contribution in [3.63, 3.8) is 0 Å². The Hall–Kier alpha value is -3.42. The fourth-order valence-electron chi connectivity index (χ4n) is 2.02. The minimum Gasteiger partial charge on any atom is -0.376 e. The van der Waals surface area contributed by atoms with Gasteiger partial charge in [-0.3, -0.25) is 19.7 Å². The van der Waals surface area contributed by atoms with Gasteiger partial charge in [-0.25, -0.2) is 0 Å². The van der Waals surface area contributed by atoms with E-state index in [-0.39, 0.29) is 37.1 Å². The summed E-state index contributed by atoms with van der Waals surface area (Å²) in [4.78, 5) is 33.6. The molecular formula is C17H18N4O4. The van der Waals surface area contributed by atoms with E-state index in [4.69, 9.17) is 0 Å². The Kier molecular flexibility index (Phi) is 6.47. The molecule has 0 saturated carbocycles. The fourth-order valence-corrected chi connectivity index (χ4v) is 2.02. The topological polar surface area (TPSA) is 113 Å². The van der Waals surface area contributed by atoms with E-state index in [1.807, 2.05) is 30.3 Å². The number of nitro benzene ring substituents is 1. The van der Waals surface area contributed by atoms with Gasteiger partial charge in [-0.05, 0) is 24.3 Å². The molecule has 0 fully saturated rings. The molecule has 8 nitrogen and oxygen atoms in total. The van der Waals surface area contributed by atoms with Gasteiger partial charge < -0.3 is 16.0 Å². The van der Waals surface area contributed by atoms with Crippen molar-refractivity contribution in [3.05, 3.63) is 70.3 Å². The molecule has 0 radical (unpaired) electrons. The number of nitrogens with zero attached hydrogens (tertiary/aromatic N) is 1. The highest BCUT2D eigenvalue weighted by Crippen LogP contribution is 2.11. The number of carbonyl (C=O) groups excluding carboxylic acids is 2. The van der Waals surface area contributed by atoms with Gasteiger partial charge in [0.1, 0.15) is 0 Å². The molecule has 0 unspecified atom stereocenters. The number of anilines is 1. The van der Waals surface area contributed by atoms with Crippen molar-refractivity contribution in [3.8, 4) is 0 Å². The van der Waals surface area contributed by atoms with Crippen LogP contribution in [0.2, 0.25) is 0 Å². The number of non-ortho nitro benzene ring substituents is 1. The van der Waals surface area contributed by atoms with Crippen molar-refractivity contribution in [1.29, 1.82) is 0 Å². The third-order valence-electron chi connectivity index (χ3n) is 3.30. The summed E-state index contributed by atoms with van der Waals surface area (Å²) in [5.41, 5.74) is 1.10. The summed E-state index contributed by atoms with van der Waals surface area (Å²) in [6.45, 7) is 0.682. The second kappa shape index (κ2) is 9.02. The lowest BCUT2D eigenvalue weighted by molar-refractivity contribution is -0.384. The monoisotopic (exact) mass is 342 g/mol. The molecule has 0 aliphatic rings. The molecule has 0 heterocycles. The van der Waals surface area contributed by atoms with E-state index >= 15 is 0 Å². The van der Waals surface area contributed by atoms with Crippen LogP contribution in [0.1, 0.15) is 10.4 Å². The Morgan fingerprint density at radius 3 is 2.20 bits per heavy atom. The third kappa shape index (κ3) is 5.94. The van der Waals surface area contributed by atoms with E-state index < -0.39 is 4.92 Å². The molecule has 2 aromatic carbocycles. The number of hydrogen-bond acceptors (Lipinski definition) is 5. The highest BCUT2D eigenvalue weighted by Gasteiger charge is 2.09. The van der Waals surface area contributed by atoms with Crippen LogP contribution in [0.15, 0.2) is 54.6 Å². The molecule has 0 atom stereocenters. The molecule has 130 valence electrons. The predicted octanol–water partition coefficient (Wildman–Crippen LogP) is 1.55. The minimum absolute atomic E-state index is 0.0743. The third-order valence-corrected chi connectivity index (χ3v) is 3.30. The van der Waals surface area contributed by atoms with E-state index in [1.54, 1.807) is 0 Å². The van der Waals surface area contributed by atoms with Crippen molar-refractivity contribution < 1.29 is 14.5 Å².